The summed E-state index contributed by atoms with van der Waals surface area (Å²) in [5, 5.41) is 20.7. The van der Waals surface area contributed by atoms with Gasteiger partial charge in [0.2, 0.25) is 11.8 Å². The quantitative estimate of drug-likeness (QED) is 0.0543. The van der Waals surface area contributed by atoms with Gasteiger partial charge in [0, 0.05) is 70.5 Å². The summed E-state index contributed by atoms with van der Waals surface area (Å²) in [5.41, 5.74) is 4.10. The van der Waals surface area contributed by atoms with Crippen molar-refractivity contribution in [3.63, 3.8) is 0 Å². The summed E-state index contributed by atoms with van der Waals surface area (Å²) in [5.74, 6) is -0.513. The van der Waals surface area contributed by atoms with Crippen LogP contribution >= 0.6 is 23.2 Å². The number of morpholine rings is 1. The average Bonchev–Trinajstić information content (AvgIpc) is 3.77. The van der Waals surface area contributed by atoms with Gasteiger partial charge in [-0.3, -0.25) is 19.2 Å². The van der Waals surface area contributed by atoms with Crippen LogP contribution in [0.1, 0.15) is 62.0 Å². The van der Waals surface area contributed by atoms with Crippen LogP contribution in [0.25, 0.3) is 28.1 Å². The predicted octanol–water partition coefficient (Wildman–Crippen LogP) is 6.52. The van der Waals surface area contributed by atoms with Crippen LogP contribution in [0.15, 0.2) is 54.6 Å². The number of rotatable bonds is 27. The minimum absolute atomic E-state index is 0.0150. The van der Waals surface area contributed by atoms with Crippen LogP contribution in [0.4, 0.5) is 5.69 Å². The summed E-state index contributed by atoms with van der Waals surface area (Å²) in [6.07, 6.45) is 1.60. The average molecular weight is 1050 g/mol. The van der Waals surface area contributed by atoms with E-state index in [-0.39, 0.29) is 61.9 Å². The highest BCUT2D eigenvalue weighted by Crippen LogP contribution is 2.47. The molecule has 0 bridgehead atoms. The van der Waals surface area contributed by atoms with E-state index in [4.69, 9.17) is 71.3 Å². The lowest BCUT2D eigenvalue weighted by Gasteiger charge is -2.41. The Kier molecular flexibility index (Phi) is 20.7. The Balaban J connectivity index is 0.951. The molecule has 2 fully saturated rings. The number of aliphatic carboxylic acids is 1. The number of carboxylic acids is 1. The van der Waals surface area contributed by atoms with E-state index in [2.05, 4.69) is 10.6 Å². The molecule has 0 unspecified atom stereocenters. The summed E-state index contributed by atoms with van der Waals surface area (Å²) >= 11 is 13.1. The SMILES string of the molecule is COc1cc2c(cc1-c1cccc(NC(=O)CCC(=O)N(CCOCCOCCOCCOCCOCCC(=O)O)C3CCNCC3)c1)-c1c(c(C(=O)N3CCOCC3(C)C)nn1-c1cc(Cl)cc(Cl)c1)CO2. The number of hydrogen-bond acceptors (Lipinski definition) is 14. The van der Waals surface area contributed by atoms with Crippen molar-refractivity contribution in [1.29, 1.82) is 0 Å². The minimum atomic E-state index is -0.898. The maximum atomic E-state index is 14.4. The van der Waals surface area contributed by atoms with E-state index >= 15 is 0 Å². The van der Waals surface area contributed by atoms with Gasteiger partial charge in [0.1, 0.15) is 18.1 Å². The predicted molar refractivity (Wildman–Crippen MR) is 273 cm³/mol. The van der Waals surface area contributed by atoms with E-state index in [0.29, 0.717) is 141 Å². The number of carbonyl (C=O) groups excluding carboxylic acids is 3. The fourth-order valence-electron chi connectivity index (χ4n) is 8.94. The van der Waals surface area contributed by atoms with Crippen molar-refractivity contribution >= 4 is 52.6 Å². The molecule has 7 rings (SSSR count). The Morgan fingerprint density at radius 2 is 1.49 bits per heavy atom. The molecule has 3 amide bonds. The molecule has 0 radical (unpaired) electrons. The number of nitrogens with one attached hydrogen (secondary N) is 2. The molecule has 3 aliphatic rings. The molecule has 19 nitrogen and oxygen atoms in total. The lowest BCUT2D eigenvalue weighted by molar-refractivity contribution is -0.138. The molecule has 396 valence electrons. The van der Waals surface area contributed by atoms with E-state index in [9.17, 15) is 19.2 Å². The minimum Gasteiger partial charge on any atom is -0.496 e. The normalized spacial score (nSPS) is 15.3. The number of aromatic nitrogens is 2. The number of methoxy groups -OCH3 is 1. The molecule has 1 aromatic heterocycles. The van der Waals surface area contributed by atoms with Gasteiger partial charge in [0.25, 0.3) is 5.91 Å². The monoisotopic (exact) mass is 1050 g/mol. The zero-order valence-electron chi connectivity index (χ0n) is 41.7. The zero-order valence-corrected chi connectivity index (χ0v) is 43.2. The van der Waals surface area contributed by atoms with E-state index in [1.807, 2.05) is 43.0 Å². The lowest BCUT2D eigenvalue weighted by atomic mass is 9.95. The second kappa shape index (κ2) is 27.3. The summed E-state index contributed by atoms with van der Waals surface area (Å²) in [6, 6.07) is 16.3. The molecular formula is C52H66Cl2N6O13. The highest BCUT2D eigenvalue weighted by atomic mass is 35.5. The Hall–Kier alpha value is -5.35. The third kappa shape index (κ3) is 15.4. The van der Waals surface area contributed by atoms with Gasteiger partial charge in [-0.2, -0.15) is 5.10 Å². The van der Waals surface area contributed by atoms with Crippen molar-refractivity contribution in [2.24, 2.45) is 0 Å². The third-order valence-electron chi connectivity index (χ3n) is 12.6. The Morgan fingerprint density at radius 3 is 2.14 bits per heavy atom. The highest BCUT2D eigenvalue weighted by Gasteiger charge is 2.39. The molecule has 73 heavy (non-hydrogen) atoms. The number of amides is 3. The van der Waals surface area contributed by atoms with Crippen LogP contribution in [0.5, 0.6) is 11.5 Å². The van der Waals surface area contributed by atoms with Crippen LogP contribution in [0.3, 0.4) is 0 Å². The fourth-order valence-corrected chi connectivity index (χ4v) is 9.46. The molecule has 0 aliphatic carbocycles. The van der Waals surface area contributed by atoms with Gasteiger partial charge in [0.15, 0.2) is 5.69 Å². The van der Waals surface area contributed by atoms with Crippen LogP contribution in [-0.4, -0.2) is 173 Å². The van der Waals surface area contributed by atoms with Crippen LogP contribution in [0, 0.1) is 0 Å². The van der Waals surface area contributed by atoms with Crippen LogP contribution in [0.2, 0.25) is 10.0 Å². The maximum absolute atomic E-state index is 14.4. The molecule has 4 aromatic rings. The topological polar surface area (TPSA) is 211 Å². The highest BCUT2D eigenvalue weighted by molar-refractivity contribution is 6.34. The first kappa shape index (κ1) is 55.4. The molecule has 0 atom stereocenters. The van der Waals surface area contributed by atoms with Crippen molar-refractivity contribution in [2.45, 2.75) is 64.1 Å². The van der Waals surface area contributed by atoms with E-state index in [1.165, 1.54) is 0 Å². The number of benzene rings is 3. The standard InChI is InChI=1S/C52H66Cl2N6O13/c1-52(2)34-72-18-15-59(52)51(65)49-43-33-73-45-32-44(66-3)41(31-42(45)50(43)60(57-49)40-29-36(53)28-37(54)30-40)35-5-4-6-38(27-35)56-46(61)7-8-47(62)58(39-9-12-55-13-10-39)14-17-68-20-22-70-24-26-71-25-23-69-21-19-67-16-11-48(63)64/h4-6,27-32,39,55H,7-26,33-34H2,1-3H3,(H,56,61)(H,63,64). The summed E-state index contributed by atoms with van der Waals surface area (Å²) in [6.45, 7) is 10.7. The number of anilines is 1. The summed E-state index contributed by atoms with van der Waals surface area (Å²) < 4.78 is 47.2. The molecule has 4 heterocycles. The number of halogens is 2. The van der Waals surface area contributed by atoms with Crippen molar-refractivity contribution in [2.75, 3.05) is 118 Å². The third-order valence-corrected chi connectivity index (χ3v) is 13.1. The molecule has 2 saturated heterocycles. The van der Waals surface area contributed by atoms with E-state index in [1.54, 1.807) is 47.0 Å². The van der Waals surface area contributed by atoms with Crippen molar-refractivity contribution in [3.8, 4) is 39.6 Å². The lowest BCUT2D eigenvalue weighted by Crippen LogP contribution is -2.55. The number of fused-ring (bicyclic) bond motifs is 3. The molecule has 3 N–H and O–H groups in total. The number of nitrogens with zero attached hydrogens (tertiary/aromatic N) is 4. The van der Waals surface area contributed by atoms with Crippen LogP contribution < -0.4 is 20.1 Å². The second-order valence-electron chi connectivity index (χ2n) is 18.3. The second-order valence-corrected chi connectivity index (χ2v) is 19.2. The van der Waals surface area contributed by atoms with E-state index in [0.717, 1.165) is 31.5 Å². The van der Waals surface area contributed by atoms with Gasteiger partial charge >= 0.3 is 5.97 Å². The molecule has 3 aliphatic heterocycles. The van der Waals surface area contributed by atoms with Gasteiger partial charge in [-0.05, 0) is 81.7 Å². The number of piperidine rings is 1. The first-order valence-corrected chi connectivity index (χ1v) is 25.4. The summed E-state index contributed by atoms with van der Waals surface area (Å²) in [7, 11) is 1.57. The number of hydrogen-bond donors (Lipinski definition) is 3. The van der Waals surface area contributed by atoms with Crippen molar-refractivity contribution in [1.82, 2.24) is 24.9 Å². The van der Waals surface area contributed by atoms with Gasteiger partial charge in [-0.1, -0.05) is 35.3 Å². The van der Waals surface area contributed by atoms with Gasteiger partial charge in [-0.15, -0.1) is 0 Å². The number of carbonyl (C=O) groups is 4. The fraction of sp³-hybridized carbons (Fsp3) is 0.519. The maximum Gasteiger partial charge on any atom is 0.305 e. The van der Waals surface area contributed by atoms with Crippen molar-refractivity contribution < 1.29 is 62.2 Å². The van der Waals surface area contributed by atoms with Gasteiger partial charge in [0.05, 0.1) is 110 Å². The first-order valence-electron chi connectivity index (χ1n) is 24.7. The Bertz CT molecular complexity index is 2500. The zero-order chi connectivity index (χ0) is 51.7. The smallest absolute Gasteiger partial charge is 0.305 e. The number of carboxylic acid groups (broad SMARTS) is 1. The summed E-state index contributed by atoms with van der Waals surface area (Å²) in [4.78, 5) is 55.8. The number of ether oxygens (including phenoxy) is 8. The van der Waals surface area contributed by atoms with Crippen LogP contribution in [-0.2, 0) is 49.4 Å². The Morgan fingerprint density at radius 1 is 0.836 bits per heavy atom. The first-order chi connectivity index (χ1) is 35.3. The molecule has 0 spiro atoms. The van der Waals surface area contributed by atoms with Gasteiger partial charge in [-0.25, -0.2) is 4.68 Å². The van der Waals surface area contributed by atoms with Crippen molar-refractivity contribution in [3.05, 3.63) is 75.9 Å². The molecular weight excluding hydrogens is 988 g/mol. The molecule has 21 heteroatoms. The van der Waals surface area contributed by atoms with Gasteiger partial charge < -0.3 is 63.4 Å². The molecule has 3 aromatic carbocycles. The van der Waals surface area contributed by atoms with E-state index < -0.39 is 11.5 Å². The Labute approximate surface area is 435 Å². The largest absolute Gasteiger partial charge is 0.496 e. The molecule has 0 saturated carbocycles.